The Morgan fingerprint density at radius 2 is 2.12 bits per heavy atom. The van der Waals surface area contributed by atoms with Gasteiger partial charge in [-0.15, -0.1) is 0 Å². The highest BCUT2D eigenvalue weighted by Crippen LogP contribution is 2.16. The van der Waals surface area contributed by atoms with E-state index in [0.29, 0.717) is 11.3 Å². The van der Waals surface area contributed by atoms with Crippen LogP contribution in [0.5, 0.6) is 5.75 Å². The molecule has 0 saturated carbocycles. The van der Waals surface area contributed by atoms with Crippen molar-refractivity contribution in [1.29, 1.82) is 0 Å². The smallest absolute Gasteiger partial charge is 0.306 e. The van der Waals surface area contributed by atoms with E-state index in [1.54, 1.807) is 24.3 Å². The SMILES string of the molecule is COc1cccc(C(=O)C[C@H](C)C(=O)O)c1. The van der Waals surface area contributed by atoms with Gasteiger partial charge in [0, 0.05) is 12.0 Å². The Morgan fingerprint density at radius 3 is 2.69 bits per heavy atom. The van der Waals surface area contributed by atoms with E-state index in [1.807, 2.05) is 0 Å². The number of benzene rings is 1. The van der Waals surface area contributed by atoms with Crippen molar-refractivity contribution in [2.24, 2.45) is 5.92 Å². The second kappa shape index (κ2) is 5.30. The van der Waals surface area contributed by atoms with Gasteiger partial charge in [-0.2, -0.15) is 0 Å². The van der Waals surface area contributed by atoms with Crippen LogP contribution >= 0.6 is 0 Å². The van der Waals surface area contributed by atoms with Gasteiger partial charge in [-0.05, 0) is 12.1 Å². The zero-order chi connectivity index (χ0) is 12.1. The Bertz CT molecular complexity index is 398. The summed E-state index contributed by atoms with van der Waals surface area (Å²) in [5.74, 6) is -1.22. The first kappa shape index (κ1) is 12.2. The summed E-state index contributed by atoms with van der Waals surface area (Å²) in [6, 6.07) is 6.70. The molecule has 1 rings (SSSR count). The molecule has 1 atom stereocenters. The molecular weight excluding hydrogens is 208 g/mol. The van der Waals surface area contributed by atoms with Crippen LogP contribution in [0.3, 0.4) is 0 Å². The van der Waals surface area contributed by atoms with E-state index in [0.717, 1.165) is 0 Å². The van der Waals surface area contributed by atoms with Crippen LogP contribution in [0.25, 0.3) is 0 Å². The third kappa shape index (κ3) is 3.08. The molecule has 1 aromatic rings. The molecule has 0 saturated heterocycles. The van der Waals surface area contributed by atoms with Crippen molar-refractivity contribution in [3.05, 3.63) is 29.8 Å². The minimum atomic E-state index is -0.962. The van der Waals surface area contributed by atoms with E-state index in [2.05, 4.69) is 0 Å². The van der Waals surface area contributed by atoms with Crippen molar-refractivity contribution in [3.8, 4) is 5.75 Å². The van der Waals surface area contributed by atoms with Crippen LogP contribution in [-0.4, -0.2) is 24.0 Å². The molecule has 0 aliphatic rings. The molecule has 0 amide bonds. The number of carbonyl (C=O) groups excluding carboxylic acids is 1. The number of hydrogen-bond donors (Lipinski definition) is 1. The average Bonchev–Trinajstić information content (AvgIpc) is 2.28. The largest absolute Gasteiger partial charge is 0.497 e. The number of carboxylic acid groups (broad SMARTS) is 1. The number of ketones is 1. The molecule has 0 aliphatic carbocycles. The highest BCUT2D eigenvalue weighted by Gasteiger charge is 2.17. The van der Waals surface area contributed by atoms with Crippen molar-refractivity contribution >= 4 is 11.8 Å². The summed E-state index contributed by atoms with van der Waals surface area (Å²) >= 11 is 0. The predicted molar refractivity (Wildman–Crippen MR) is 58.7 cm³/mol. The van der Waals surface area contributed by atoms with Crippen LogP contribution in [0.2, 0.25) is 0 Å². The fourth-order valence-electron chi connectivity index (χ4n) is 1.28. The van der Waals surface area contributed by atoms with Crippen LogP contribution in [-0.2, 0) is 4.79 Å². The van der Waals surface area contributed by atoms with Crippen LogP contribution in [0.1, 0.15) is 23.7 Å². The van der Waals surface area contributed by atoms with Crippen LogP contribution in [0.4, 0.5) is 0 Å². The normalized spacial score (nSPS) is 11.9. The summed E-state index contributed by atoms with van der Waals surface area (Å²) in [5.41, 5.74) is 0.479. The van der Waals surface area contributed by atoms with E-state index in [4.69, 9.17) is 9.84 Å². The predicted octanol–water partition coefficient (Wildman–Crippen LogP) is 1.99. The van der Waals surface area contributed by atoms with Gasteiger partial charge in [0.25, 0.3) is 0 Å². The van der Waals surface area contributed by atoms with Crippen molar-refractivity contribution in [2.75, 3.05) is 7.11 Å². The van der Waals surface area contributed by atoms with Crippen molar-refractivity contribution in [3.63, 3.8) is 0 Å². The van der Waals surface area contributed by atoms with Gasteiger partial charge in [0.2, 0.25) is 0 Å². The number of carbonyl (C=O) groups is 2. The zero-order valence-electron chi connectivity index (χ0n) is 9.27. The summed E-state index contributed by atoms with van der Waals surface area (Å²) < 4.78 is 4.99. The average molecular weight is 222 g/mol. The van der Waals surface area contributed by atoms with Gasteiger partial charge in [-0.1, -0.05) is 19.1 Å². The molecule has 0 aliphatic heterocycles. The van der Waals surface area contributed by atoms with Gasteiger partial charge in [0.15, 0.2) is 5.78 Å². The third-order valence-electron chi connectivity index (χ3n) is 2.30. The molecule has 0 spiro atoms. The molecule has 16 heavy (non-hydrogen) atoms. The Labute approximate surface area is 93.9 Å². The van der Waals surface area contributed by atoms with E-state index in [9.17, 15) is 9.59 Å². The lowest BCUT2D eigenvalue weighted by atomic mass is 10.00. The first-order valence-electron chi connectivity index (χ1n) is 4.94. The summed E-state index contributed by atoms with van der Waals surface area (Å²) in [6.07, 6.45) is 0.00248. The van der Waals surface area contributed by atoms with Gasteiger partial charge in [-0.3, -0.25) is 9.59 Å². The second-order valence-corrected chi connectivity index (χ2v) is 3.60. The van der Waals surface area contributed by atoms with Gasteiger partial charge in [0.05, 0.1) is 13.0 Å². The zero-order valence-corrected chi connectivity index (χ0v) is 9.27. The first-order valence-corrected chi connectivity index (χ1v) is 4.94. The van der Waals surface area contributed by atoms with Crippen LogP contribution in [0, 0.1) is 5.92 Å². The molecule has 0 heterocycles. The summed E-state index contributed by atoms with van der Waals surface area (Å²) in [4.78, 5) is 22.3. The monoisotopic (exact) mass is 222 g/mol. The molecule has 0 unspecified atom stereocenters. The Morgan fingerprint density at radius 1 is 1.44 bits per heavy atom. The lowest BCUT2D eigenvalue weighted by Gasteiger charge is -2.06. The Kier molecular flexibility index (Phi) is 4.05. The molecule has 4 nitrogen and oxygen atoms in total. The minimum Gasteiger partial charge on any atom is -0.497 e. The van der Waals surface area contributed by atoms with E-state index < -0.39 is 11.9 Å². The molecule has 0 fully saturated rings. The first-order chi connectivity index (χ1) is 7.54. The van der Waals surface area contributed by atoms with Crippen molar-refractivity contribution in [1.82, 2.24) is 0 Å². The molecular formula is C12H14O4. The van der Waals surface area contributed by atoms with Gasteiger partial charge < -0.3 is 9.84 Å². The topological polar surface area (TPSA) is 63.6 Å². The van der Waals surface area contributed by atoms with Gasteiger partial charge in [0.1, 0.15) is 5.75 Å². The number of Topliss-reactive ketones (excluding diaryl/α,β-unsaturated/α-hetero) is 1. The Balaban J connectivity index is 2.76. The van der Waals surface area contributed by atoms with Crippen LogP contribution in [0.15, 0.2) is 24.3 Å². The number of methoxy groups -OCH3 is 1. The Hall–Kier alpha value is -1.84. The van der Waals surface area contributed by atoms with Crippen molar-refractivity contribution in [2.45, 2.75) is 13.3 Å². The number of aliphatic carboxylic acids is 1. The maximum atomic E-state index is 11.7. The quantitative estimate of drug-likeness (QED) is 0.774. The van der Waals surface area contributed by atoms with E-state index >= 15 is 0 Å². The molecule has 0 aromatic heterocycles. The van der Waals surface area contributed by atoms with Gasteiger partial charge >= 0.3 is 5.97 Å². The van der Waals surface area contributed by atoms with Crippen LogP contribution < -0.4 is 4.74 Å². The minimum absolute atomic E-state index is 0.00248. The number of rotatable bonds is 5. The molecule has 1 N–H and O–H groups in total. The molecule has 0 bridgehead atoms. The number of hydrogen-bond acceptors (Lipinski definition) is 3. The number of ether oxygens (including phenoxy) is 1. The highest BCUT2D eigenvalue weighted by atomic mass is 16.5. The third-order valence-corrected chi connectivity index (χ3v) is 2.30. The van der Waals surface area contributed by atoms with Gasteiger partial charge in [-0.25, -0.2) is 0 Å². The molecule has 0 radical (unpaired) electrons. The molecule has 86 valence electrons. The van der Waals surface area contributed by atoms with Crippen molar-refractivity contribution < 1.29 is 19.4 Å². The standard InChI is InChI=1S/C12H14O4/c1-8(12(14)15)6-11(13)9-4-3-5-10(7-9)16-2/h3-5,7-8H,6H2,1-2H3,(H,14,15)/t8-/m0/s1. The second-order valence-electron chi connectivity index (χ2n) is 3.60. The fourth-order valence-corrected chi connectivity index (χ4v) is 1.28. The fraction of sp³-hybridized carbons (Fsp3) is 0.333. The lowest BCUT2D eigenvalue weighted by molar-refractivity contribution is -0.141. The molecule has 4 heteroatoms. The summed E-state index contributed by atoms with van der Waals surface area (Å²) in [6.45, 7) is 1.51. The number of carboxylic acids is 1. The maximum Gasteiger partial charge on any atom is 0.306 e. The van der Waals surface area contributed by atoms with E-state index in [1.165, 1.54) is 14.0 Å². The maximum absolute atomic E-state index is 11.7. The van der Waals surface area contributed by atoms with E-state index in [-0.39, 0.29) is 12.2 Å². The molecule has 1 aromatic carbocycles. The summed E-state index contributed by atoms with van der Waals surface area (Å²) in [7, 11) is 1.52. The summed E-state index contributed by atoms with van der Waals surface area (Å²) in [5, 5.41) is 8.70. The lowest BCUT2D eigenvalue weighted by Crippen LogP contribution is -2.14. The highest BCUT2D eigenvalue weighted by molar-refractivity contribution is 5.98.